The lowest BCUT2D eigenvalue weighted by Crippen LogP contribution is -2.80. The standard InChI is InChI=1S/C37H48O12/c1-9-19(4)30(41)49-32-34(6)17-36(43)35(7,22(34)15-23(38)45-8)21-10-12-33(5)26(27(40)31(42)48-28(33)20-11-13-46-16-20)25(21)29(37(32,36)44)47-24(39)14-18(2)3/h9,11,13,16,18,21-22,27-29,32,40,43-44H,10,12,14-15,17H2,1-8H3/b19-9+/t21?,22-,27+,28-,29-,32-,33+,34+,35-,36-,37-/m0/s1. The number of cyclic esters (lactones) is 1. The normalized spacial score (nSPS) is 42.4. The van der Waals surface area contributed by atoms with Gasteiger partial charge in [-0.25, -0.2) is 9.59 Å². The quantitative estimate of drug-likeness (QED) is 0.156. The second-order valence-corrected chi connectivity index (χ2v) is 15.9. The molecule has 49 heavy (non-hydrogen) atoms. The second kappa shape index (κ2) is 11.5. The number of rotatable bonds is 8. The van der Waals surface area contributed by atoms with E-state index in [0.717, 1.165) is 0 Å². The molecule has 0 amide bonds. The van der Waals surface area contributed by atoms with Gasteiger partial charge < -0.3 is 38.7 Å². The molecule has 11 atom stereocenters. The Morgan fingerprint density at radius 3 is 2.41 bits per heavy atom. The van der Waals surface area contributed by atoms with Gasteiger partial charge in [0.2, 0.25) is 0 Å². The van der Waals surface area contributed by atoms with E-state index in [1.807, 2.05) is 20.8 Å². The number of aliphatic hydroxyl groups is 3. The number of furan rings is 1. The third kappa shape index (κ3) is 4.51. The lowest BCUT2D eigenvalue weighted by Gasteiger charge is -2.68. The summed E-state index contributed by atoms with van der Waals surface area (Å²) in [6, 6.07) is 1.67. The smallest absolute Gasteiger partial charge is 0.339 e. The number of fused-ring (bicyclic) bond motifs is 4. The van der Waals surface area contributed by atoms with Crippen molar-refractivity contribution in [2.75, 3.05) is 7.11 Å². The Hall–Kier alpha value is -3.48. The molecular weight excluding hydrogens is 636 g/mol. The maximum Gasteiger partial charge on any atom is 0.339 e. The van der Waals surface area contributed by atoms with Crippen LogP contribution in [0.25, 0.3) is 0 Å². The van der Waals surface area contributed by atoms with Crippen LogP contribution in [0.3, 0.4) is 0 Å². The van der Waals surface area contributed by atoms with Crippen LogP contribution < -0.4 is 0 Å². The molecule has 2 bridgehead atoms. The van der Waals surface area contributed by atoms with Gasteiger partial charge in [0.05, 0.1) is 19.6 Å². The number of hydrogen-bond donors (Lipinski definition) is 3. The number of aliphatic hydroxyl groups excluding tert-OH is 1. The number of ether oxygens (including phenoxy) is 4. The summed E-state index contributed by atoms with van der Waals surface area (Å²) >= 11 is 0. The largest absolute Gasteiger partial charge is 0.472 e. The lowest BCUT2D eigenvalue weighted by atomic mass is 9.40. The van der Waals surface area contributed by atoms with Gasteiger partial charge in [0.1, 0.15) is 17.8 Å². The molecule has 5 aliphatic rings. The number of carbonyl (C=O) groups excluding carboxylic acids is 4. The molecule has 1 aromatic heterocycles. The fraction of sp³-hybridized carbons (Fsp3) is 0.676. The molecule has 3 N–H and O–H groups in total. The van der Waals surface area contributed by atoms with E-state index < -0.39 is 87.6 Å². The number of allylic oxidation sites excluding steroid dienone is 1. The van der Waals surface area contributed by atoms with Crippen LogP contribution in [0.4, 0.5) is 0 Å². The molecule has 4 fully saturated rings. The average molecular weight is 685 g/mol. The van der Waals surface area contributed by atoms with Crippen LogP contribution >= 0.6 is 0 Å². The molecule has 4 aliphatic carbocycles. The molecule has 2 heterocycles. The minimum atomic E-state index is -2.46. The van der Waals surface area contributed by atoms with E-state index in [4.69, 9.17) is 23.4 Å². The monoisotopic (exact) mass is 684 g/mol. The van der Waals surface area contributed by atoms with Crippen LogP contribution in [0.5, 0.6) is 0 Å². The van der Waals surface area contributed by atoms with Crippen molar-refractivity contribution in [2.24, 2.45) is 34.0 Å². The summed E-state index contributed by atoms with van der Waals surface area (Å²) in [5.74, 6) is -4.43. The van der Waals surface area contributed by atoms with Crippen LogP contribution in [0.2, 0.25) is 0 Å². The van der Waals surface area contributed by atoms with E-state index in [0.29, 0.717) is 18.4 Å². The zero-order valence-electron chi connectivity index (χ0n) is 29.4. The molecule has 1 saturated heterocycles. The number of hydrogen-bond acceptors (Lipinski definition) is 12. The van der Waals surface area contributed by atoms with Gasteiger partial charge in [0.25, 0.3) is 0 Å². The summed E-state index contributed by atoms with van der Waals surface area (Å²) in [5.41, 5.74) is -6.78. The minimum absolute atomic E-state index is 0.0283. The van der Waals surface area contributed by atoms with Crippen LogP contribution in [0.15, 0.2) is 45.8 Å². The van der Waals surface area contributed by atoms with Crippen molar-refractivity contribution < 1.29 is 57.9 Å². The highest BCUT2D eigenvalue weighted by Gasteiger charge is 2.90. The van der Waals surface area contributed by atoms with Gasteiger partial charge in [-0.05, 0) is 68.1 Å². The van der Waals surface area contributed by atoms with Gasteiger partial charge in [-0.3, -0.25) is 9.59 Å². The summed E-state index contributed by atoms with van der Waals surface area (Å²) in [6.07, 6.45) is -0.893. The van der Waals surface area contributed by atoms with E-state index in [1.165, 1.54) is 19.6 Å². The molecule has 3 saturated carbocycles. The Balaban J connectivity index is 1.67. The summed E-state index contributed by atoms with van der Waals surface area (Å²) < 4.78 is 28.7. The third-order valence-corrected chi connectivity index (χ3v) is 12.9. The molecule has 1 unspecified atom stereocenters. The highest BCUT2D eigenvalue weighted by Crippen LogP contribution is 2.81. The van der Waals surface area contributed by atoms with E-state index in [-0.39, 0.29) is 41.9 Å². The molecule has 12 heteroatoms. The molecule has 0 spiro atoms. The fourth-order valence-corrected chi connectivity index (χ4v) is 10.7. The van der Waals surface area contributed by atoms with E-state index in [2.05, 4.69) is 0 Å². The van der Waals surface area contributed by atoms with Gasteiger partial charge in [0.15, 0.2) is 17.8 Å². The molecule has 268 valence electrons. The highest BCUT2D eigenvalue weighted by atomic mass is 16.6. The number of esters is 4. The highest BCUT2D eigenvalue weighted by molar-refractivity contribution is 5.88. The predicted octanol–water partition coefficient (Wildman–Crippen LogP) is 3.87. The Morgan fingerprint density at radius 2 is 1.82 bits per heavy atom. The van der Waals surface area contributed by atoms with Crippen molar-refractivity contribution in [3.05, 3.63) is 47.0 Å². The molecule has 12 nitrogen and oxygen atoms in total. The van der Waals surface area contributed by atoms with E-state index in [9.17, 15) is 34.5 Å². The first-order valence-electron chi connectivity index (χ1n) is 17.1. The summed E-state index contributed by atoms with van der Waals surface area (Å²) in [6.45, 7) is 12.3. The summed E-state index contributed by atoms with van der Waals surface area (Å²) in [5, 5.41) is 38.3. The van der Waals surface area contributed by atoms with Crippen LogP contribution in [0.1, 0.15) is 92.2 Å². The van der Waals surface area contributed by atoms with Crippen molar-refractivity contribution in [3.8, 4) is 0 Å². The van der Waals surface area contributed by atoms with Gasteiger partial charge in [-0.15, -0.1) is 0 Å². The van der Waals surface area contributed by atoms with Crippen LogP contribution in [-0.4, -0.2) is 75.8 Å². The average Bonchev–Trinajstić information content (AvgIpc) is 3.68. The molecule has 1 aromatic rings. The number of carbonyl (C=O) groups is 4. The van der Waals surface area contributed by atoms with Crippen molar-refractivity contribution in [1.82, 2.24) is 0 Å². The zero-order chi connectivity index (χ0) is 36.1. The van der Waals surface area contributed by atoms with Crippen LogP contribution in [0, 0.1) is 34.0 Å². The first-order chi connectivity index (χ1) is 22.9. The topological polar surface area (TPSA) is 179 Å². The molecule has 1 aliphatic heterocycles. The Labute approximate surface area is 285 Å². The maximum atomic E-state index is 13.7. The van der Waals surface area contributed by atoms with Crippen molar-refractivity contribution in [1.29, 1.82) is 0 Å². The SMILES string of the molecule is C/C=C(\C)C(=O)O[C@H]1[C@]2(C)C[C@@]3(O)[C@]1(O)[C@@H](OC(=O)CC(C)C)C1=C4[C@@H](O)C(=O)O[C@@H](c5ccoc5)[C@]4(C)CCC1[C@@]3(C)[C@H]2CC(=O)OC. The Kier molecular flexibility index (Phi) is 8.32. The summed E-state index contributed by atoms with van der Waals surface area (Å²) in [4.78, 5) is 53.8. The third-order valence-electron chi connectivity index (χ3n) is 12.9. The predicted molar refractivity (Wildman–Crippen MR) is 171 cm³/mol. The Morgan fingerprint density at radius 1 is 1.12 bits per heavy atom. The second-order valence-electron chi connectivity index (χ2n) is 15.9. The number of methoxy groups -OCH3 is 1. The van der Waals surface area contributed by atoms with Crippen LogP contribution in [-0.2, 0) is 38.1 Å². The van der Waals surface area contributed by atoms with Gasteiger partial charge in [-0.1, -0.05) is 40.7 Å². The molecule has 0 aromatic carbocycles. The van der Waals surface area contributed by atoms with E-state index >= 15 is 0 Å². The van der Waals surface area contributed by atoms with Gasteiger partial charge in [0, 0.05) is 40.2 Å². The van der Waals surface area contributed by atoms with Gasteiger partial charge in [-0.2, -0.15) is 0 Å². The molecule has 6 rings (SSSR count). The van der Waals surface area contributed by atoms with Crippen molar-refractivity contribution in [2.45, 2.75) is 116 Å². The zero-order valence-corrected chi connectivity index (χ0v) is 29.4. The minimum Gasteiger partial charge on any atom is -0.472 e. The van der Waals surface area contributed by atoms with E-state index in [1.54, 1.807) is 39.8 Å². The molecular formula is C37H48O12. The maximum absolute atomic E-state index is 13.7. The molecule has 0 radical (unpaired) electrons. The lowest BCUT2D eigenvalue weighted by molar-refractivity contribution is -0.316. The summed E-state index contributed by atoms with van der Waals surface area (Å²) in [7, 11) is 1.27. The first kappa shape index (κ1) is 35.3. The van der Waals surface area contributed by atoms with Crippen molar-refractivity contribution in [3.63, 3.8) is 0 Å². The first-order valence-corrected chi connectivity index (χ1v) is 17.1. The fourth-order valence-electron chi connectivity index (χ4n) is 10.7. The Bertz CT molecular complexity index is 1620. The van der Waals surface area contributed by atoms with Gasteiger partial charge >= 0.3 is 23.9 Å². The van der Waals surface area contributed by atoms with Crippen molar-refractivity contribution >= 4 is 23.9 Å².